The number of aliphatic hydroxyl groups is 1. The fourth-order valence-electron chi connectivity index (χ4n) is 5.70. The highest BCUT2D eigenvalue weighted by atomic mass is 16.4. The molecule has 1 unspecified atom stereocenters. The smallest absolute Gasteiger partial charge is 0.404 e. The van der Waals surface area contributed by atoms with Crippen LogP contribution in [0.2, 0.25) is 0 Å². The molecule has 4 aromatic rings. The fraction of sp³-hybridized carbons (Fsp3) is 0.286. The molecule has 8 nitrogen and oxygen atoms in total. The van der Waals surface area contributed by atoms with Gasteiger partial charge < -0.3 is 25.0 Å². The molecule has 2 heterocycles. The molecule has 0 aliphatic carbocycles. The average molecular weight is 580 g/mol. The first-order chi connectivity index (χ1) is 20.7. The number of piperidine rings is 1. The largest absolute Gasteiger partial charge is 0.465 e. The zero-order valence-electron chi connectivity index (χ0n) is 24.3. The maximum Gasteiger partial charge on any atom is 0.404 e. The van der Waals surface area contributed by atoms with E-state index in [-0.39, 0.29) is 30.5 Å². The zero-order chi connectivity index (χ0) is 30.4. The summed E-state index contributed by atoms with van der Waals surface area (Å²) >= 11 is 0. The second kappa shape index (κ2) is 13.1. The van der Waals surface area contributed by atoms with Crippen molar-refractivity contribution in [2.24, 2.45) is 0 Å². The summed E-state index contributed by atoms with van der Waals surface area (Å²) in [7, 11) is 0. The highest BCUT2D eigenvalue weighted by Gasteiger charge is 2.35. The van der Waals surface area contributed by atoms with Gasteiger partial charge in [-0.3, -0.25) is 9.59 Å². The van der Waals surface area contributed by atoms with Crippen LogP contribution in [-0.4, -0.2) is 50.4 Å². The van der Waals surface area contributed by atoms with Crippen molar-refractivity contribution in [2.45, 2.75) is 50.8 Å². The van der Waals surface area contributed by atoms with Crippen LogP contribution < -0.4 is 10.9 Å². The Kier molecular flexibility index (Phi) is 9.07. The highest BCUT2D eigenvalue weighted by Crippen LogP contribution is 2.32. The molecule has 3 aromatic carbocycles. The number of pyridine rings is 1. The summed E-state index contributed by atoms with van der Waals surface area (Å²) in [6.45, 7) is 3.24. The van der Waals surface area contributed by atoms with Crippen molar-refractivity contribution in [1.82, 2.24) is 14.8 Å². The highest BCUT2D eigenvalue weighted by molar-refractivity contribution is 5.83. The van der Waals surface area contributed by atoms with Gasteiger partial charge in [0, 0.05) is 43.9 Å². The Morgan fingerprint density at radius 3 is 2.12 bits per heavy atom. The quantitative estimate of drug-likeness (QED) is 0.243. The second-order valence-corrected chi connectivity index (χ2v) is 11.4. The standard InChI is InChI=1S/C35H37N3O5/c1-25(27-8-4-2-5-9-27)20-32(39)37-18-16-35(43,17-19-37)24-38-23-31(29-14-12-26(13-15-29)22-36-34(41)42)30(21-33(38)40)28-10-6-3-7-11-28/h2-15,21,23,25,36,43H,16-20,22,24H2,1H3,(H,41,42). The van der Waals surface area contributed by atoms with E-state index in [0.717, 1.165) is 33.4 Å². The van der Waals surface area contributed by atoms with Gasteiger partial charge in [-0.2, -0.15) is 0 Å². The van der Waals surface area contributed by atoms with Gasteiger partial charge in [0.1, 0.15) is 0 Å². The minimum Gasteiger partial charge on any atom is -0.465 e. The van der Waals surface area contributed by atoms with Crippen molar-refractivity contribution in [2.75, 3.05) is 13.1 Å². The number of likely N-dealkylation sites (tertiary alicyclic amines) is 1. The monoisotopic (exact) mass is 579 g/mol. The summed E-state index contributed by atoms with van der Waals surface area (Å²) in [5, 5.41) is 22.8. The number of carbonyl (C=O) groups excluding carboxylic acids is 1. The Balaban J connectivity index is 1.33. The van der Waals surface area contributed by atoms with Gasteiger partial charge in [0.25, 0.3) is 5.56 Å². The van der Waals surface area contributed by atoms with Crippen molar-refractivity contribution < 1.29 is 19.8 Å². The molecule has 0 radical (unpaired) electrons. The molecule has 8 heteroatoms. The van der Waals surface area contributed by atoms with Crippen LogP contribution in [0.1, 0.15) is 43.2 Å². The number of nitrogens with zero attached hydrogens (tertiary/aromatic N) is 2. The molecule has 1 saturated heterocycles. The van der Waals surface area contributed by atoms with E-state index in [1.54, 1.807) is 16.8 Å². The molecule has 1 fully saturated rings. The number of carbonyl (C=O) groups is 2. The van der Waals surface area contributed by atoms with Crippen molar-refractivity contribution in [3.8, 4) is 22.3 Å². The van der Waals surface area contributed by atoms with E-state index >= 15 is 0 Å². The Morgan fingerprint density at radius 2 is 1.49 bits per heavy atom. The summed E-state index contributed by atoms with van der Waals surface area (Å²) in [5.41, 5.74) is 3.98. The van der Waals surface area contributed by atoms with Gasteiger partial charge in [0.15, 0.2) is 0 Å². The fourth-order valence-corrected chi connectivity index (χ4v) is 5.70. The topological polar surface area (TPSA) is 112 Å². The third-order valence-corrected chi connectivity index (χ3v) is 8.28. The molecule has 1 aliphatic rings. The Bertz CT molecular complexity index is 1610. The lowest BCUT2D eigenvalue weighted by Gasteiger charge is -2.39. The molecule has 222 valence electrons. The van der Waals surface area contributed by atoms with E-state index in [1.165, 1.54) is 0 Å². The second-order valence-electron chi connectivity index (χ2n) is 11.4. The van der Waals surface area contributed by atoms with E-state index < -0.39 is 11.7 Å². The van der Waals surface area contributed by atoms with Crippen LogP contribution in [0.3, 0.4) is 0 Å². The van der Waals surface area contributed by atoms with E-state index in [4.69, 9.17) is 5.11 Å². The molecule has 43 heavy (non-hydrogen) atoms. The van der Waals surface area contributed by atoms with Crippen molar-refractivity contribution in [3.05, 3.63) is 119 Å². The molecular weight excluding hydrogens is 542 g/mol. The molecule has 5 rings (SSSR count). The molecule has 1 aromatic heterocycles. The lowest BCUT2D eigenvalue weighted by atomic mass is 9.89. The van der Waals surface area contributed by atoms with Crippen LogP contribution in [0, 0.1) is 0 Å². The van der Waals surface area contributed by atoms with Gasteiger partial charge in [0.05, 0.1) is 12.1 Å². The van der Waals surface area contributed by atoms with Crippen LogP contribution in [0.25, 0.3) is 22.3 Å². The molecular formula is C35H37N3O5. The average Bonchev–Trinajstić information content (AvgIpc) is 3.02. The molecule has 1 atom stereocenters. The van der Waals surface area contributed by atoms with Crippen LogP contribution in [0.4, 0.5) is 4.79 Å². The first kappa shape index (κ1) is 29.8. The van der Waals surface area contributed by atoms with E-state index in [0.29, 0.717) is 32.4 Å². The predicted molar refractivity (Wildman–Crippen MR) is 167 cm³/mol. The van der Waals surface area contributed by atoms with E-state index in [2.05, 4.69) is 12.2 Å². The summed E-state index contributed by atoms with van der Waals surface area (Å²) in [6.07, 6.45) is 1.89. The zero-order valence-corrected chi connectivity index (χ0v) is 24.3. The van der Waals surface area contributed by atoms with Gasteiger partial charge >= 0.3 is 6.09 Å². The lowest BCUT2D eigenvalue weighted by molar-refractivity contribution is -0.136. The number of rotatable bonds is 9. The van der Waals surface area contributed by atoms with Gasteiger partial charge in [-0.1, -0.05) is 91.9 Å². The minimum atomic E-state index is -1.12. The molecule has 0 saturated carbocycles. The summed E-state index contributed by atoms with van der Waals surface area (Å²) < 4.78 is 1.57. The molecule has 3 N–H and O–H groups in total. The van der Waals surface area contributed by atoms with Crippen LogP contribution in [-0.2, 0) is 17.9 Å². The first-order valence-corrected chi connectivity index (χ1v) is 14.6. The molecule has 0 bridgehead atoms. The number of aromatic nitrogens is 1. The lowest BCUT2D eigenvalue weighted by Crippen LogP contribution is -2.49. The van der Waals surface area contributed by atoms with Crippen LogP contribution in [0.5, 0.6) is 0 Å². The Labute approximate surface area is 251 Å². The summed E-state index contributed by atoms with van der Waals surface area (Å²) in [5.74, 6) is 0.184. The molecule has 0 spiro atoms. The third kappa shape index (κ3) is 7.40. The van der Waals surface area contributed by atoms with E-state index in [1.807, 2.05) is 89.8 Å². The number of nitrogens with one attached hydrogen (secondary N) is 1. The number of hydrogen-bond donors (Lipinski definition) is 3. The van der Waals surface area contributed by atoms with Gasteiger partial charge in [-0.25, -0.2) is 4.79 Å². The number of amides is 2. The molecule has 1 aliphatic heterocycles. The SMILES string of the molecule is CC(CC(=O)N1CCC(O)(Cn2cc(-c3ccc(CNC(=O)O)cc3)c(-c3ccccc3)cc2=O)CC1)c1ccccc1. The minimum absolute atomic E-state index is 0.0760. The van der Waals surface area contributed by atoms with Crippen LogP contribution >= 0.6 is 0 Å². The van der Waals surface area contributed by atoms with Gasteiger partial charge in [-0.15, -0.1) is 0 Å². The Morgan fingerprint density at radius 1 is 0.884 bits per heavy atom. The summed E-state index contributed by atoms with van der Waals surface area (Å²) in [4.78, 5) is 39.1. The Hall–Kier alpha value is -4.69. The maximum atomic E-state index is 13.4. The van der Waals surface area contributed by atoms with Gasteiger partial charge in [0.2, 0.25) is 5.91 Å². The van der Waals surface area contributed by atoms with Crippen molar-refractivity contribution >= 4 is 12.0 Å². The normalized spacial score (nSPS) is 15.1. The van der Waals surface area contributed by atoms with Gasteiger partial charge in [-0.05, 0) is 46.6 Å². The van der Waals surface area contributed by atoms with Crippen molar-refractivity contribution in [3.63, 3.8) is 0 Å². The maximum absolute atomic E-state index is 13.4. The number of benzene rings is 3. The van der Waals surface area contributed by atoms with Crippen molar-refractivity contribution in [1.29, 1.82) is 0 Å². The first-order valence-electron chi connectivity index (χ1n) is 14.6. The predicted octanol–water partition coefficient (Wildman–Crippen LogP) is 5.50. The number of hydrogen-bond acceptors (Lipinski definition) is 4. The van der Waals surface area contributed by atoms with E-state index in [9.17, 15) is 19.5 Å². The number of carboxylic acid groups (broad SMARTS) is 1. The third-order valence-electron chi connectivity index (χ3n) is 8.28. The van der Waals surface area contributed by atoms with Crippen LogP contribution in [0.15, 0.2) is 102 Å². The summed E-state index contributed by atoms with van der Waals surface area (Å²) in [6, 6.07) is 28.8. The molecule has 2 amide bonds.